The molecule has 31 heavy (non-hydrogen) atoms. The van der Waals surface area contributed by atoms with E-state index in [1.807, 2.05) is 34.9 Å². The van der Waals surface area contributed by atoms with E-state index < -0.39 is 17.7 Å². The molecule has 0 bridgehead atoms. The molecule has 0 spiro atoms. The third-order valence-corrected chi connectivity index (χ3v) is 5.61. The van der Waals surface area contributed by atoms with Crippen LogP contribution in [0.25, 0.3) is 27.2 Å². The molecule has 1 saturated heterocycles. The van der Waals surface area contributed by atoms with Gasteiger partial charge in [0.1, 0.15) is 5.75 Å². The van der Waals surface area contributed by atoms with Gasteiger partial charge in [-0.1, -0.05) is 44.9 Å². The normalized spacial score (nSPS) is 16.1. The zero-order valence-electron chi connectivity index (χ0n) is 18.6. The van der Waals surface area contributed by atoms with Crippen molar-refractivity contribution < 1.29 is 23.8 Å². The maximum atomic E-state index is 12.9. The summed E-state index contributed by atoms with van der Waals surface area (Å²) in [6, 6.07) is 9.89. The second-order valence-corrected chi connectivity index (χ2v) is 8.42. The zero-order chi connectivity index (χ0) is 22.2. The van der Waals surface area contributed by atoms with Crippen LogP contribution in [0.5, 0.6) is 5.75 Å². The van der Waals surface area contributed by atoms with Crippen molar-refractivity contribution in [1.82, 2.24) is 4.57 Å². The Kier molecular flexibility index (Phi) is 5.65. The smallest absolute Gasteiger partial charge is 0.351 e. The second kappa shape index (κ2) is 8.25. The maximum Gasteiger partial charge on any atom is 0.351 e. The molecule has 6 nitrogen and oxygen atoms in total. The first-order valence-electron chi connectivity index (χ1n) is 11.0. The SMILES string of the molecule is CCCCOc1ccc2c3c1cccc3c(=C1C(=O)OC(C)(C)OC1=O)n2CCCC. The van der Waals surface area contributed by atoms with E-state index in [1.165, 1.54) is 0 Å². The Morgan fingerprint density at radius 1 is 0.935 bits per heavy atom. The summed E-state index contributed by atoms with van der Waals surface area (Å²) in [5.74, 6) is -1.76. The van der Waals surface area contributed by atoms with E-state index in [4.69, 9.17) is 14.2 Å². The van der Waals surface area contributed by atoms with Crippen LogP contribution in [0.3, 0.4) is 0 Å². The van der Waals surface area contributed by atoms with Gasteiger partial charge in [-0.15, -0.1) is 0 Å². The molecule has 1 aliphatic rings. The summed E-state index contributed by atoms with van der Waals surface area (Å²) in [5.41, 5.74) is 0.919. The third kappa shape index (κ3) is 3.75. The summed E-state index contributed by atoms with van der Waals surface area (Å²) >= 11 is 0. The molecular formula is C25H29NO5. The summed E-state index contributed by atoms with van der Waals surface area (Å²) < 4.78 is 18.9. The summed E-state index contributed by atoms with van der Waals surface area (Å²) in [5, 5.41) is 3.35. The minimum Gasteiger partial charge on any atom is -0.493 e. The number of cyclic esters (lactones) is 2. The molecule has 0 N–H and O–H groups in total. The Balaban J connectivity index is 2.03. The summed E-state index contributed by atoms with van der Waals surface area (Å²) in [4.78, 5) is 25.8. The molecule has 0 saturated carbocycles. The Bertz CT molecular complexity index is 1180. The Morgan fingerprint density at radius 2 is 1.61 bits per heavy atom. The molecule has 1 aromatic heterocycles. The Morgan fingerprint density at radius 3 is 2.29 bits per heavy atom. The fourth-order valence-electron chi connectivity index (χ4n) is 4.17. The van der Waals surface area contributed by atoms with Crippen LogP contribution < -0.4 is 10.1 Å². The number of benzene rings is 2. The van der Waals surface area contributed by atoms with Gasteiger partial charge in [0.15, 0.2) is 5.57 Å². The molecule has 2 aromatic carbocycles. The van der Waals surface area contributed by atoms with E-state index in [0.29, 0.717) is 18.5 Å². The largest absolute Gasteiger partial charge is 0.493 e. The van der Waals surface area contributed by atoms with Gasteiger partial charge in [0.05, 0.1) is 12.0 Å². The van der Waals surface area contributed by atoms with Crippen LogP contribution in [-0.4, -0.2) is 28.9 Å². The summed E-state index contributed by atoms with van der Waals surface area (Å²) in [6.07, 6.45) is 3.94. The van der Waals surface area contributed by atoms with Gasteiger partial charge in [0.2, 0.25) is 0 Å². The highest BCUT2D eigenvalue weighted by molar-refractivity contribution is 6.38. The molecule has 1 fully saturated rings. The number of carbonyl (C=O) groups is 2. The quantitative estimate of drug-likeness (QED) is 0.414. The minimum absolute atomic E-state index is 0.0485. The van der Waals surface area contributed by atoms with E-state index in [2.05, 4.69) is 13.8 Å². The van der Waals surface area contributed by atoms with Crippen LogP contribution in [-0.2, 0) is 25.6 Å². The first kappa shape index (κ1) is 21.2. The lowest BCUT2D eigenvalue weighted by Gasteiger charge is -2.29. The van der Waals surface area contributed by atoms with Crippen molar-refractivity contribution >= 4 is 39.2 Å². The number of unbranched alkanes of at least 4 members (excludes halogenated alkanes) is 2. The highest BCUT2D eigenvalue weighted by atomic mass is 16.7. The fourth-order valence-corrected chi connectivity index (χ4v) is 4.17. The number of hydrogen-bond acceptors (Lipinski definition) is 5. The van der Waals surface area contributed by atoms with Crippen LogP contribution in [0, 0.1) is 0 Å². The second-order valence-electron chi connectivity index (χ2n) is 8.42. The van der Waals surface area contributed by atoms with Crippen LogP contribution in [0.2, 0.25) is 0 Å². The van der Waals surface area contributed by atoms with Crippen molar-refractivity contribution in [3.63, 3.8) is 0 Å². The van der Waals surface area contributed by atoms with Gasteiger partial charge < -0.3 is 18.8 Å². The van der Waals surface area contributed by atoms with Gasteiger partial charge in [-0.05, 0) is 25.0 Å². The number of aryl methyl sites for hydroxylation is 1. The zero-order valence-corrected chi connectivity index (χ0v) is 18.6. The maximum absolute atomic E-state index is 12.9. The molecule has 0 aliphatic carbocycles. The van der Waals surface area contributed by atoms with E-state index in [0.717, 1.165) is 53.1 Å². The Hall–Kier alpha value is -3.02. The van der Waals surface area contributed by atoms with Crippen molar-refractivity contribution in [3.8, 4) is 5.75 Å². The lowest BCUT2D eigenvalue weighted by molar-refractivity contribution is -0.217. The number of rotatable bonds is 7. The number of hydrogen-bond donors (Lipinski definition) is 0. The van der Waals surface area contributed by atoms with Gasteiger partial charge in [-0.25, -0.2) is 9.59 Å². The van der Waals surface area contributed by atoms with Gasteiger partial charge in [0, 0.05) is 42.1 Å². The van der Waals surface area contributed by atoms with E-state index in [1.54, 1.807) is 13.8 Å². The number of esters is 2. The number of nitrogens with zero attached hydrogens (tertiary/aromatic N) is 1. The van der Waals surface area contributed by atoms with Crippen LogP contribution in [0.15, 0.2) is 30.3 Å². The van der Waals surface area contributed by atoms with Crippen LogP contribution in [0.1, 0.15) is 53.4 Å². The molecule has 2 heterocycles. The van der Waals surface area contributed by atoms with Gasteiger partial charge >= 0.3 is 11.9 Å². The first-order chi connectivity index (χ1) is 14.9. The Labute approximate surface area is 181 Å². The number of aromatic nitrogens is 1. The van der Waals surface area contributed by atoms with Gasteiger partial charge in [-0.2, -0.15) is 0 Å². The fraction of sp³-hybridized carbons (Fsp3) is 0.440. The average Bonchev–Trinajstić information content (AvgIpc) is 3.01. The van der Waals surface area contributed by atoms with Crippen LogP contribution in [0.4, 0.5) is 0 Å². The monoisotopic (exact) mass is 423 g/mol. The molecule has 164 valence electrons. The van der Waals surface area contributed by atoms with Crippen LogP contribution >= 0.6 is 0 Å². The molecular weight excluding hydrogens is 394 g/mol. The summed E-state index contributed by atoms with van der Waals surface area (Å²) in [7, 11) is 0. The topological polar surface area (TPSA) is 66.8 Å². The molecule has 3 aromatic rings. The molecule has 4 rings (SSSR count). The predicted octanol–water partition coefficient (Wildman–Crippen LogP) is 4.48. The van der Waals surface area contributed by atoms with Gasteiger partial charge in [-0.3, -0.25) is 0 Å². The highest BCUT2D eigenvalue weighted by Gasteiger charge is 2.40. The standard InChI is InChI=1S/C25H29NO5/c1-5-7-14-26-18-12-13-19(29-15-8-6-2)16-10-9-11-17(20(16)18)22(26)21-23(27)30-25(3,4)31-24(21)28/h9-13H,5-8,14-15H2,1-4H3. The third-order valence-electron chi connectivity index (χ3n) is 5.61. The highest BCUT2D eigenvalue weighted by Crippen LogP contribution is 2.34. The van der Waals surface area contributed by atoms with E-state index in [-0.39, 0.29) is 5.57 Å². The first-order valence-corrected chi connectivity index (χ1v) is 11.0. The minimum atomic E-state index is -1.27. The number of ether oxygens (including phenoxy) is 3. The predicted molar refractivity (Wildman–Crippen MR) is 120 cm³/mol. The lowest BCUT2D eigenvalue weighted by atomic mass is 10.0. The molecule has 6 heteroatoms. The summed E-state index contributed by atoms with van der Waals surface area (Å²) in [6.45, 7) is 8.69. The molecule has 0 radical (unpaired) electrons. The number of carbonyl (C=O) groups excluding carboxylic acids is 2. The van der Waals surface area contributed by atoms with Crippen molar-refractivity contribution in [2.45, 2.75) is 65.7 Å². The molecule has 0 unspecified atom stereocenters. The molecule has 1 aliphatic heterocycles. The van der Waals surface area contributed by atoms with Crippen molar-refractivity contribution in [2.75, 3.05) is 6.61 Å². The lowest BCUT2D eigenvalue weighted by Crippen LogP contribution is -2.44. The van der Waals surface area contributed by atoms with E-state index >= 15 is 0 Å². The van der Waals surface area contributed by atoms with Crippen molar-refractivity contribution in [3.05, 3.63) is 35.7 Å². The van der Waals surface area contributed by atoms with Crippen molar-refractivity contribution in [2.24, 2.45) is 0 Å². The van der Waals surface area contributed by atoms with Crippen molar-refractivity contribution in [1.29, 1.82) is 0 Å². The van der Waals surface area contributed by atoms with E-state index in [9.17, 15) is 9.59 Å². The van der Waals surface area contributed by atoms with Gasteiger partial charge in [0.25, 0.3) is 5.79 Å². The molecule has 0 amide bonds. The molecule has 0 atom stereocenters. The average molecular weight is 424 g/mol.